The van der Waals surface area contributed by atoms with Crippen molar-refractivity contribution in [1.29, 1.82) is 0 Å². The van der Waals surface area contributed by atoms with Gasteiger partial charge >= 0.3 is 0 Å². The summed E-state index contributed by atoms with van der Waals surface area (Å²) in [6, 6.07) is 12.4. The van der Waals surface area contributed by atoms with Gasteiger partial charge in [-0.15, -0.1) is 0 Å². The van der Waals surface area contributed by atoms with Crippen LogP contribution in [0.5, 0.6) is 5.75 Å². The molecule has 0 radical (unpaired) electrons. The molecule has 5 heteroatoms. The highest BCUT2D eigenvalue weighted by molar-refractivity contribution is 6.23. The number of imide groups is 1. The van der Waals surface area contributed by atoms with Crippen molar-refractivity contribution in [2.75, 3.05) is 17.3 Å². The van der Waals surface area contributed by atoms with E-state index in [-0.39, 0.29) is 18.2 Å². The van der Waals surface area contributed by atoms with E-state index in [1.165, 1.54) is 4.90 Å². The number of carbonyl (C=O) groups excluding carboxylic acids is 2. The molecule has 1 atom stereocenters. The first-order valence-corrected chi connectivity index (χ1v) is 7.85. The Bertz CT molecular complexity index is 801. The van der Waals surface area contributed by atoms with Gasteiger partial charge in [-0.05, 0) is 49.2 Å². The number of ether oxygens (including phenoxy) is 1. The minimum atomic E-state index is -0.588. The summed E-state index contributed by atoms with van der Waals surface area (Å²) in [7, 11) is 1.57. The first-order chi connectivity index (χ1) is 11.5. The molecule has 0 aliphatic carbocycles. The molecule has 2 aromatic rings. The lowest BCUT2D eigenvalue weighted by Gasteiger charge is -2.18. The third-order valence-corrected chi connectivity index (χ3v) is 4.33. The average Bonchev–Trinajstić information content (AvgIpc) is 2.85. The molecule has 1 aliphatic heterocycles. The van der Waals surface area contributed by atoms with Crippen LogP contribution in [0.15, 0.2) is 42.5 Å². The second kappa shape index (κ2) is 6.35. The maximum absolute atomic E-state index is 12.7. The number of para-hydroxylation sites is 2. The van der Waals surface area contributed by atoms with Crippen LogP contribution < -0.4 is 15.0 Å². The van der Waals surface area contributed by atoms with Gasteiger partial charge in [0.15, 0.2) is 0 Å². The lowest BCUT2D eigenvalue weighted by Crippen LogP contribution is -2.34. The van der Waals surface area contributed by atoms with E-state index in [9.17, 15) is 9.59 Å². The predicted octanol–water partition coefficient (Wildman–Crippen LogP) is 3.06. The van der Waals surface area contributed by atoms with Gasteiger partial charge in [0, 0.05) is 0 Å². The summed E-state index contributed by atoms with van der Waals surface area (Å²) in [5.74, 6) is 0.201. The minimum Gasteiger partial charge on any atom is -0.495 e. The van der Waals surface area contributed by atoms with Crippen molar-refractivity contribution in [2.24, 2.45) is 0 Å². The second-order valence-electron chi connectivity index (χ2n) is 5.94. The van der Waals surface area contributed by atoms with Crippen LogP contribution in [-0.4, -0.2) is 25.0 Å². The van der Waals surface area contributed by atoms with Gasteiger partial charge in [0.25, 0.3) is 5.91 Å². The van der Waals surface area contributed by atoms with Crippen molar-refractivity contribution in [2.45, 2.75) is 26.3 Å². The number of anilines is 2. The number of amides is 2. The molecule has 1 aliphatic rings. The van der Waals surface area contributed by atoms with E-state index in [1.54, 1.807) is 7.11 Å². The zero-order chi connectivity index (χ0) is 17.3. The van der Waals surface area contributed by atoms with E-state index in [0.717, 1.165) is 11.1 Å². The Hall–Kier alpha value is -2.82. The molecule has 0 aromatic heterocycles. The molecule has 2 amide bonds. The number of aryl methyl sites for hydroxylation is 2. The third-order valence-electron chi connectivity index (χ3n) is 4.33. The molecule has 1 N–H and O–H groups in total. The summed E-state index contributed by atoms with van der Waals surface area (Å²) in [5, 5.41) is 3.13. The summed E-state index contributed by atoms with van der Waals surface area (Å²) >= 11 is 0. The first-order valence-electron chi connectivity index (χ1n) is 7.85. The second-order valence-corrected chi connectivity index (χ2v) is 5.94. The van der Waals surface area contributed by atoms with Crippen LogP contribution in [-0.2, 0) is 9.59 Å². The quantitative estimate of drug-likeness (QED) is 0.878. The Morgan fingerprint density at radius 2 is 1.83 bits per heavy atom. The van der Waals surface area contributed by atoms with Gasteiger partial charge in [0.2, 0.25) is 5.91 Å². The van der Waals surface area contributed by atoms with Crippen LogP contribution in [0.3, 0.4) is 0 Å². The molecular formula is C19H20N2O3. The van der Waals surface area contributed by atoms with E-state index in [1.807, 2.05) is 56.3 Å². The predicted molar refractivity (Wildman–Crippen MR) is 93.4 cm³/mol. The zero-order valence-electron chi connectivity index (χ0n) is 14.0. The monoisotopic (exact) mass is 324 g/mol. The Morgan fingerprint density at radius 3 is 2.54 bits per heavy atom. The summed E-state index contributed by atoms with van der Waals surface area (Å²) in [6.45, 7) is 3.97. The molecule has 5 nitrogen and oxygen atoms in total. The van der Waals surface area contributed by atoms with Crippen LogP contribution >= 0.6 is 0 Å². The van der Waals surface area contributed by atoms with E-state index in [2.05, 4.69) is 5.32 Å². The van der Waals surface area contributed by atoms with Gasteiger partial charge in [0.1, 0.15) is 11.8 Å². The van der Waals surface area contributed by atoms with Crippen molar-refractivity contribution in [1.82, 2.24) is 0 Å². The highest BCUT2D eigenvalue weighted by atomic mass is 16.5. The SMILES string of the molecule is COc1ccccc1N[C@H]1CC(=O)N(c2ccc(C)c(C)c2)C1=O. The van der Waals surface area contributed by atoms with Gasteiger partial charge in [-0.25, -0.2) is 4.90 Å². The Balaban J connectivity index is 1.85. The fraction of sp³-hybridized carbons (Fsp3) is 0.263. The summed E-state index contributed by atoms with van der Waals surface area (Å²) in [6.07, 6.45) is 0.129. The highest BCUT2D eigenvalue weighted by Gasteiger charge is 2.39. The van der Waals surface area contributed by atoms with Gasteiger partial charge in [0.05, 0.1) is 24.9 Å². The molecule has 0 spiro atoms. The Labute approximate surface area is 141 Å². The van der Waals surface area contributed by atoms with Gasteiger partial charge < -0.3 is 10.1 Å². The summed E-state index contributed by atoms with van der Waals surface area (Å²) in [4.78, 5) is 26.4. The highest BCUT2D eigenvalue weighted by Crippen LogP contribution is 2.29. The normalized spacial score (nSPS) is 17.3. The van der Waals surface area contributed by atoms with Crippen LogP contribution in [0.2, 0.25) is 0 Å². The fourth-order valence-corrected chi connectivity index (χ4v) is 2.83. The molecular weight excluding hydrogens is 304 g/mol. The van der Waals surface area contributed by atoms with Gasteiger partial charge in [-0.3, -0.25) is 9.59 Å². The van der Waals surface area contributed by atoms with Crippen molar-refractivity contribution in [3.63, 3.8) is 0 Å². The molecule has 124 valence electrons. The molecule has 1 saturated heterocycles. The number of carbonyl (C=O) groups is 2. The maximum Gasteiger partial charge on any atom is 0.256 e. The largest absolute Gasteiger partial charge is 0.495 e. The molecule has 24 heavy (non-hydrogen) atoms. The summed E-state index contributed by atoms with van der Waals surface area (Å²) < 4.78 is 5.29. The van der Waals surface area contributed by atoms with Crippen molar-refractivity contribution in [3.8, 4) is 5.75 Å². The van der Waals surface area contributed by atoms with Crippen molar-refractivity contribution < 1.29 is 14.3 Å². The molecule has 1 heterocycles. The number of hydrogen-bond acceptors (Lipinski definition) is 4. The number of nitrogens with one attached hydrogen (secondary N) is 1. The molecule has 0 bridgehead atoms. The molecule has 0 unspecified atom stereocenters. The number of rotatable bonds is 4. The molecule has 3 rings (SSSR count). The maximum atomic E-state index is 12.7. The van der Waals surface area contributed by atoms with Crippen molar-refractivity contribution in [3.05, 3.63) is 53.6 Å². The van der Waals surface area contributed by atoms with Crippen molar-refractivity contribution >= 4 is 23.2 Å². The molecule has 0 saturated carbocycles. The Morgan fingerprint density at radius 1 is 1.08 bits per heavy atom. The van der Waals surface area contributed by atoms with E-state index in [0.29, 0.717) is 17.1 Å². The van der Waals surface area contributed by atoms with Gasteiger partial charge in [-0.2, -0.15) is 0 Å². The van der Waals surface area contributed by atoms with Crippen LogP contribution in [0.25, 0.3) is 0 Å². The molecule has 2 aromatic carbocycles. The smallest absolute Gasteiger partial charge is 0.256 e. The van der Waals surface area contributed by atoms with Crippen LogP contribution in [0, 0.1) is 13.8 Å². The Kier molecular flexibility index (Phi) is 4.25. The number of nitrogens with zero attached hydrogens (tertiary/aromatic N) is 1. The lowest BCUT2D eigenvalue weighted by atomic mass is 10.1. The van der Waals surface area contributed by atoms with Crippen LogP contribution in [0.1, 0.15) is 17.5 Å². The minimum absolute atomic E-state index is 0.129. The number of hydrogen-bond donors (Lipinski definition) is 1. The number of methoxy groups -OCH3 is 1. The lowest BCUT2D eigenvalue weighted by molar-refractivity contribution is -0.121. The summed E-state index contributed by atoms with van der Waals surface area (Å²) in [5.41, 5.74) is 3.50. The molecule has 1 fully saturated rings. The van der Waals surface area contributed by atoms with E-state index < -0.39 is 6.04 Å². The number of benzene rings is 2. The average molecular weight is 324 g/mol. The zero-order valence-corrected chi connectivity index (χ0v) is 14.0. The first kappa shape index (κ1) is 16.1. The standard InChI is InChI=1S/C19H20N2O3/c1-12-8-9-14(10-13(12)2)21-18(22)11-16(19(21)23)20-15-6-4-5-7-17(15)24-3/h4-10,16,20H,11H2,1-3H3/t16-/m0/s1. The van der Waals surface area contributed by atoms with E-state index >= 15 is 0 Å². The van der Waals surface area contributed by atoms with Crippen LogP contribution in [0.4, 0.5) is 11.4 Å². The third kappa shape index (κ3) is 2.85. The van der Waals surface area contributed by atoms with E-state index in [4.69, 9.17) is 4.74 Å². The fourth-order valence-electron chi connectivity index (χ4n) is 2.83. The topological polar surface area (TPSA) is 58.6 Å². The van der Waals surface area contributed by atoms with Gasteiger partial charge in [-0.1, -0.05) is 18.2 Å².